The smallest absolute Gasteiger partial charge is 0.164 e. The number of hydrogen-bond acceptors (Lipinski definition) is 5. The first kappa shape index (κ1) is 28.2. The molecule has 238 valence electrons. The van der Waals surface area contributed by atoms with Gasteiger partial charge in [0.05, 0.1) is 26.1 Å². The maximum atomic E-state index is 6.79. The lowest BCUT2D eigenvalue weighted by molar-refractivity contribution is 0.673. The van der Waals surface area contributed by atoms with Crippen LogP contribution in [0.4, 0.5) is 0 Å². The van der Waals surface area contributed by atoms with Gasteiger partial charge in [0.2, 0.25) is 0 Å². The maximum absolute atomic E-state index is 6.79. The summed E-state index contributed by atoms with van der Waals surface area (Å²) in [5.41, 5.74) is 8.04. The zero-order chi connectivity index (χ0) is 33.5. The number of furan rings is 1. The van der Waals surface area contributed by atoms with Gasteiger partial charge in [0.15, 0.2) is 23.1 Å². The molecule has 11 rings (SSSR count). The Hall–Kier alpha value is -6.63. The topological polar surface area (TPSA) is 56.7 Å². The largest absolute Gasteiger partial charge is 0.455 e. The molecule has 0 saturated carbocycles. The van der Waals surface area contributed by atoms with Crippen molar-refractivity contribution in [3.05, 3.63) is 158 Å². The molecule has 0 bridgehead atoms. The van der Waals surface area contributed by atoms with E-state index in [2.05, 4.69) is 102 Å². The van der Waals surface area contributed by atoms with E-state index in [1.165, 1.54) is 43.0 Å². The zero-order valence-electron chi connectivity index (χ0n) is 27.1. The normalized spacial score (nSPS) is 11.9. The van der Waals surface area contributed by atoms with Gasteiger partial charge in [-0.2, -0.15) is 0 Å². The summed E-state index contributed by atoms with van der Waals surface area (Å²) in [6.07, 6.45) is 0. The summed E-state index contributed by atoms with van der Waals surface area (Å²) < 4.78 is 11.6. The number of para-hydroxylation sites is 2. The van der Waals surface area contributed by atoms with Crippen LogP contribution in [0.1, 0.15) is 0 Å². The Morgan fingerprint density at radius 2 is 0.941 bits per heavy atom. The molecule has 0 amide bonds. The van der Waals surface area contributed by atoms with Crippen molar-refractivity contribution in [2.75, 3.05) is 0 Å². The molecule has 0 aliphatic carbocycles. The molecule has 0 saturated heterocycles. The Kier molecular flexibility index (Phi) is 6.05. The predicted octanol–water partition coefficient (Wildman–Crippen LogP) is 12.2. The van der Waals surface area contributed by atoms with Crippen molar-refractivity contribution in [2.45, 2.75) is 0 Å². The molecule has 51 heavy (non-hydrogen) atoms. The second-order valence-corrected chi connectivity index (χ2v) is 13.8. The maximum Gasteiger partial charge on any atom is 0.164 e. The van der Waals surface area contributed by atoms with Crippen LogP contribution in [-0.4, -0.2) is 19.5 Å². The molecule has 5 nitrogen and oxygen atoms in total. The zero-order valence-corrected chi connectivity index (χ0v) is 27.9. The van der Waals surface area contributed by atoms with Gasteiger partial charge in [-0.05, 0) is 36.4 Å². The van der Waals surface area contributed by atoms with E-state index in [0.29, 0.717) is 17.5 Å². The lowest BCUT2D eigenvalue weighted by Gasteiger charge is -2.09. The SMILES string of the molecule is c1ccc(-c2nc(-c3ccccc3)nc(-c3ccc4c(c3)oc3c4ccc4c5cccc(-n6c7ccccc7c7ccccc76)c5sc43)n2)cc1. The predicted molar refractivity (Wildman–Crippen MR) is 211 cm³/mol. The van der Waals surface area contributed by atoms with Gasteiger partial charge in [0, 0.05) is 49.0 Å². The monoisotopic (exact) mass is 670 g/mol. The quantitative estimate of drug-likeness (QED) is 0.187. The molecule has 4 aromatic heterocycles. The van der Waals surface area contributed by atoms with Crippen LogP contribution in [0.25, 0.3) is 104 Å². The van der Waals surface area contributed by atoms with E-state index in [0.717, 1.165) is 43.3 Å². The third-order valence-corrected chi connectivity index (χ3v) is 11.1. The van der Waals surface area contributed by atoms with Crippen molar-refractivity contribution in [2.24, 2.45) is 0 Å². The summed E-state index contributed by atoms with van der Waals surface area (Å²) in [6.45, 7) is 0. The average Bonchev–Trinajstić information content (AvgIpc) is 3.88. The van der Waals surface area contributed by atoms with Gasteiger partial charge in [0.1, 0.15) is 5.58 Å². The molecule has 0 aliphatic rings. The van der Waals surface area contributed by atoms with Gasteiger partial charge in [-0.3, -0.25) is 0 Å². The van der Waals surface area contributed by atoms with Crippen LogP contribution >= 0.6 is 11.3 Å². The van der Waals surface area contributed by atoms with Gasteiger partial charge in [0.25, 0.3) is 0 Å². The number of hydrogen-bond donors (Lipinski definition) is 0. The summed E-state index contributed by atoms with van der Waals surface area (Å²) in [7, 11) is 0. The van der Waals surface area contributed by atoms with Crippen LogP contribution < -0.4 is 0 Å². The standard InChI is InChI=1S/C45H26N4OS/c1-3-12-27(13-4-1)43-46-44(28-14-5-2-6-15-28)48-45(47-43)29-22-23-32-33-24-25-35-34-18-11-21-38(41(34)51-42(35)40(33)50-39(32)26-29)49-36-19-9-7-16-30(36)31-17-8-10-20-37(31)49/h1-26H. The lowest BCUT2D eigenvalue weighted by atomic mass is 10.1. The van der Waals surface area contributed by atoms with Gasteiger partial charge in [-0.1, -0.05) is 121 Å². The molecule has 0 radical (unpaired) electrons. The molecule has 0 atom stereocenters. The van der Waals surface area contributed by atoms with E-state index in [-0.39, 0.29) is 0 Å². The second-order valence-electron chi connectivity index (χ2n) is 12.8. The van der Waals surface area contributed by atoms with Crippen LogP contribution in [0.5, 0.6) is 0 Å². The van der Waals surface area contributed by atoms with Crippen molar-refractivity contribution in [3.63, 3.8) is 0 Å². The van der Waals surface area contributed by atoms with E-state index in [4.69, 9.17) is 19.4 Å². The Bertz CT molecular complexity index is 3030. The molecular weight excluding hydrogens is 645 g/mol. The van der Waals surface area contributed by atoms with E-state index in [9.17, 15) is 0 Å². The van der Waals surface area contributed by atoms with Crippen molar-refractivity contribution in [3.8, 4) is 39.9 Å². The van der Waals surface area contributed by atoms with Gasteiger partial charge in [-0.25, -0.2) is 15.0 Å². The molecule has 0 fully saturated rings. The van der Waals surface area contributed by atoms with Crippen LogP contribution in [-0.2, 0) is 0 Å². The van der Waals surface area contributed by atoms with Crippen molar-refractivity contribution < 1.29 is 4.42 Å². The minimum absolute atomic E-state index is 0.605. The van der Waals surface area contributed by atoms with Crippen LogP contribution in [0.15, 0.2) is 162 Å². The molecule has 11 aromatic rings. The molecule has 6 heteroatoms. The fourth-order valence-corrected chi connectivity index (χ4v) is 8.80. The highest BCUT2D eigenvalue weighted by atomic mass is 32.1. The van der Waals surface area contributed by atoms with Crippen LogP contribution in [0, 0.1) is 0 Å². The fourth-order valence-electron chi connectivity index (χ4n) is 7.51. The third kappa shape index (κ3) is 4.30. The molecular formula is C45H26N4OS. The number of thiophene rings is 1. The summed E-state index contributed by atoms with van der Waals surface area (Å²) in [5, 5.41) is 7.10. The minimum Gasteiger partial charge on any atom is -0.455 e. The van der Waals surface area contributed by atoms with Crippen molar-refractivity contribution >= 4 is 75.3 Å². The van der Waals surface area contributed by atoms with E-state index >= 15 is 0 Å². The summed E-state index contributed by atoms with van der Waals surface area (Å²) in [5.74, 6) is 1.87. The van der Waals surface area contributed by atoms with Gasteiger partial charge in [-0.15, -0.1) is 11.3 Å². The number of fused-ring (bicyclic) bond motifs is 10. The number of benzene rings is 7. The van der Waals surface area contributed by atoms with Gasteiger partial charge >= 0.3 is 0 Å². The number of rotatable bonds is 4. The lowest BCUT2D eigenvalue weighted by Crippen LogP contribution is -2.00. The Morgan fingerprint density at radius 1 is 0.412 bits per heavy atom. The first-order valence-electron chi connectivity index (χ1n) is 16.9. The van der Waals surface area contributed by atoms with Gasteiger partial charge < -0.3 is 8.98 Å². The molecule has 4 heterocycles. The Labute approximate surface area is 295 Å². The van der Waals surface area contributed by atoms with Crippen molar-refractivity contribution in [1.82, 2.24) is 19.5 Å². The fraction of sp³-hybridized carbons (Fsp3) is 0. The molecule has 0 N–H and O–H groups in total. The average molecular weight is 671 g/mol. The summed E-state index contributed by atoms with van der Waals surface area (Å²) >= 11 is 1.80. The number of nitrogens with zero attached hydrogens (tertiary/aromatic N) is 4. The Morgan fingerprint density at radius 3 is 1.61 bits per heavy atom. The van der Waals surface area contributed by atoms with Crippen LogP contribution in [0.2, 0.25) is 0 Å². The number of aromatic nitrogens is 4. The van der Waals surface area contributed by atoms with E-state index < -0.39 is 0 Å². The van der Waals surface area contributed by atoms with Crippen LogP contribution in [0.3, 0.4) is 0 Å². The second kappa shape index (κ2) is 10.9. The summed E-state index contributed by atoms with van der Waals surface area (Å²) in [4.78, 5) is 14.8. The molecule has 0 spiro atoms. The molecule has 0 aliphatic heterocycles. The first-order valence-corrected chi connectivity index (χ1v) is 17.8. The van der Waals surface area contributed by atoms with Crippen molar-refractivity contribution in [1.29, 1.82) is 0 Å². The summed E-state index contributed by atoms with van der Waals surface area (Å²) in [6, 6.07) is 54.8. The minimum atomic E-state index is 0.605. The first-order chi connectivity index (χ1) is 25.3. The molecule has 0 unspecified atom stereocenters. The molecule has 7 aromatic carbocycles. The highest BCUT2D eigenvalue weighted by molar-refractivity contribution is 7.27. The van der Waals surface area contributed by atoms with E-state index in [1.54, 1.807) is 11.3 Å². The Balaban J connectivity index is 1.11. The highest BCUT2D eigenvalue weighted by Gasteiger charge is 2.20. The third-order valence-electron chi connectivity index (χ3n) is 9.86. The highest BCUT2D eigenvalue weighted by Crippen LogP contribution is 2.45. The van der Waals surface area contributed by atoms with E-state index in [1.807, 2.05) is 60.7 Å².